The summed E-state index contributed by atoms with van der Waals surface area (Å²) >= 11 is 0. The van der Waals surface area contributed by atoms with E-state index in [1.807, 2.05) is 55.5 Å². The van der Waals surface area contributed by atoms with Crippen molar-refractivity contribution >= 4 is 12.2 Å². The van der Waals surface area contributed by atoms with E-state index in [0.717, 1.165) is 5.56 Å². The van der Waals surface area contributed by atoms with Crippen LogP contribution in [0.15, 0.2) is 60.7 Å². The van der Waals surface area contributed by atoms with E-state index >= 15 is 4.32 Å². The van der Waals surface area contributed by atoms with E-state index in [4.69, 9.17) is 4.65 Å². The van der Waals surface area contributed by atoms with Crippen LogP contribution in [0.3, 0.4) is 0 Å². The summed E-state index contributed by atoms with van der Waals surface area (Å²) in [6.45, 7) is -0.621. The van der Waals surface area contributed by atoms with Crippen molar-refractivity contribution in [2.75, 3.05) is 7.05 Å². The van der Waals surface area contributed by atoms with E-state index < -0.39 is 6.76 Å². The lowest BCUT2D eigenvalue weighted by molar-refractivity contribution is 0.195. The Balaban J connectivity index is 1.97. The Bertz CT molecular complexity index is 580. The second-order valence-electron chi connectivity index (χ2n) is 5.43. The molecule has 0 spiro atoms. The Morgan fingerprint density at radius 2 is 1.55 bits per heavy atom. The molecule has 2 nitrogen and oxygen atoms in total. The van der Waals surface area contributed by atoms with Gasteiger partial charge in [0.1, 0.15) is 0 Å². The molecule has 0 amide bonds. The first kappa shape index (κ1) is 13.3. The van der Waals surface area contributed by atoms with Gasteiger partial charge in [-0.2, -0.15) is 0 Å². The van der Waals surface area contributed by atoms with Crippen molar-refractivity contribution in [2.24, 2.45) is 0 Å². The SMILES string of the molecule is C[C@@H]1[C@H](c2ccccc2)O[B-](F)(c2ccccc2)N1C. The normalized spacial score (nSPS) is 30.6. The fourth-order valence-corrected chi connectivity index (χ4v) is 2.92. The highest BCUT2D eigenvalue weighted by Gasteiger charge is 2.45. The first-order valence-electron chi connectivity index (χ1n) is 6.96. The number of hydrogen-bond acceptors (Lipinski definition) is 2. The largest absolute Gasteiger partial charge is 0.541 e. The zero-order valence-electron chi connectivity index (χ0n) is 11.7. The summed E-state index contributed by atoms with van der Waals surface area (Å²) in [5.41, 5.74) is 1.62. The molecule has 0 saturated carbocycles. The van der Waals surface area contributed by atoms with Crippen LogP contribution in [0.2, 0.25) is 0 Å². The Morgan fingerprint density at radius 1 is 1.00 bits per heavy atom. The van der Waals surface area contributed by atoms with Crippen LogP contribution in [0.4, 0.5) is 4.32 Å². The molecular formula is C16H18BFNO-. The quantitative estimate of drug-likeness (QED) is 0.778. The standard InChI is InChI=1S/C16H18BFNO/c1-13-16(14-9-5-3-6-10-14)20-17(18,19(13)2)15-11-7-4-8-12-15/h3-13,16H,1-2H3/q-1/t13-,16-,17?/m1/s1. The summed E-state index contributed by atoms with van der Waals surface area (Å²) in [5.74, 6) is 0. The van der Waals surface area contributed by atoms with Gasteiger partial charge < -0.3 is 13.8 Å². The number of rotatable bonds is 2. The van der Waals surface area contributed by atoms with Crippen molar-refractivity contribution in [1.82, 2.24) is 4.81 Å². The predicted octanol–water partition coefficient (Wildman–Crippen LogP) is 2.89. The van der Waals surface area contributed by atoms with E-state index in [-0.39, 0.29) is 12.1 Å². The van der Waals surface area contributed by atoms with Gasteiger partial charge in [0.05, 0.1) is 6.10 Å². The molecule has 1 aliphatic rings. The van der Waals surface area contributed by atoms with Crippen LogP contribution in [0, 0.1) is 0 Å². The minimum atomic E-state index is -2.62. The van der Waals surface area contributed by atoms with Gasteiger partial charge in [-0.15, -0.1) is 5.46 Å². The van der Waals surface area contributed by atoms with Crippen molar-refractivity contribution in [2.45, 2.75) is 19.1 Å². The second kappa shape index (κ2) is 5.04. The Kier molecular flexibility index (Phi) is 3.36. The van der Waals surface area contributed by atoms with Crippen molar-refractivity contribution in [3.8, 4) is 0 Å². The van der Waals surface area contributed by atoms with Crippen molar-refractivity contribution < 1.29 is 8.97 Å². The second-order valence-corrected chi connectivity index (χ2v) is 5.43. The van der Waals surface area contributed by atoms with Crippen LogP contribution in [-0.4, -0.2) is 24.7 Å². The van der Waals surface area contributed by atoms with Crippen LogP contribution >= 0.6 is 0 Å². The maximum Gasteiger partial charge on any atom is 0.380 e. The summed E-state index contributed by atoms with van der Waals surface area (Å²) in [5, 5.41) is 0. The summed E-state index contributed by atoms with van der Waals surface area (Å²) in [4.78, 5) is 1.72. The molecule has 2 aromatic rings. The number of likely N-dealkylation sites (N-methyl/N-ethyl adjacent to an activating group) is 1. The topological polar surface area (TPSA) is 12.5 Å². The van der Waals surface area contributed by atoms with Gasteiger partial charge in [0.15, 0.2) is 0 Å². The highest BCUT2D eigenvalue weighted by Crippen LogP contribution is 2.37. The Hall–Kier alpha value is -1.65. The third-order valence-electron chi connectivity index (χ3n) is 4.27. The minimum Gasteiger partial charge on any atom is -0.541 e. The molecule has 1 unspecified atom stereocenters. The highest BCUT2D eigenvalue weighted by atomic mass is 19.1. The maximum absolute atomic E-state index is 15.4. The zero-order chi connectivity index (χ0) is 14.2. The molecule has 1 heterocycles. The third kappa shape index (κ3) is 2.05. The smallest absolute Gasteiger partial charge is 0.380 e. The van der Waals surface area contributed by atoms with Gasteiger partial charge in [-0.05, 0) is 19.5 Å². The molecule has 1 aliphatic heterocycles. The molecule has 2 aromatic carbocycles. The number of hydrogen-bond donors (Lipinski definition) is 0. The molecule has 3 atom stereocenters. The van der Waals surface area contributed by atoms with Gasteiger partial charge in [-0.1, -0.05) is 60.7 Å². The monoisotopic (exact) mass is 270 g/mol. The van der Waals surface area contributed by atoms with Crippen LogP contribution in [-0.2, 0) is 4.65 Å². The fraction of sp³-hybridized carbons (Fsp3) is 0.250. The molecule has 1 saturated heterocycles. The molecule has 0 aliphatic carbocycles. The maximum atomic E-state index is 15.4. The molecule has 20 heavy (non-hydrogen) atoms. The molecule has 3 rings (SSSR count). The summed E-state index contributed by atoms with van der Waals surface area (Å²) in [6, 6.07) is 19.0. The number of benzene rings is 2. The molecule has 0 radical (unpaired) electrons. The number of nitrogens with zero attached hydrogens (tertiary/aromatic N) is 1. The molecular weight excluding hydrogens is 252 g/mol. The molecule has 0 bridgehead atoms. The van der Waals surface area contributed by atoms with E-state index in [1.54, 1.807) is 24.0 Å². The minimum absolute atomic E-state index is 0.0115. The average Bonchev–Trinajstić information content (AvgIpc) is 2.75. The van der Waals surface area contributed by atoms with E-state index in [0.29, 0.717) is 5.46 Å². The lowest BCUT2D eigenvalue weighted by atomic mass is 9.66. The van der Waals surface area contributed by atoms with Gasteiger partial charge in [-0.3, -0.25) is 0 Å². The van der Waals surface area contributed by atoms with Gasteiger partial charge in [0.2, 0.25) is 0 Å². The number of halogens is 1. The van der Waals surface area contributed by atoms with Crippen LogP contribution in [0.5, 0.6) is 0 Å². The highest BCUT2D eigenvalue weighted by molar-refractivity contribution is 6.78. The Labute approximate surface area is 119 Å². The summed E-state index contributed by atoms with van der Waals surface area (Å²) in [7, 11) is 1.79. The van der Waals surface area contributed by atoms with Crippen LogP contribution in [0.25, 0.3) is 0 Å². The van der Waals surface area contributed by atoms with E-state index in [9.17, 15) is 0 Å². The van der Waals surface area contributed by atoms with E-state index in [2.05, 4.69) is 0 Å². The first-order valence-corrected chi connectivity index (χ1v) is 6.96. The lowest BCUT2D eigenvalue weighted by Gasteiger charge is -2.36. The van der Waals surface area contributed by atoms with Crippen molar-refractivity contribution in [1.29, 1.82) is 0 Å². The van der Waals surface area contributed by atoms with Crippen molar-refractivity contribution in [3.63, 3.8) is 0 Å². The van der Waals surface area contributed by atoms with Crippen molar-refractivity contribution in [3.05, 3.63) is 66.2 Å². The molecule has 0 N–H and O–H groups in total. The van der Waals surface area contributed by atoms with Crippen LogP contribution in [0.1, 0.15) is 18.6 Å². The molecule has 4 heteroatoms. The fourth-order valence-electron chi connectivity index (χ4n) is 2.92. The lowest BCUT2D eigenvalue weighted by Crippen LogP contribution is -2.56. The summed E-state index contributed by atoms with van der Waals surface area (Å²) in [6.07, 6.45) is -0.244. The van der Waals surface area contributed by atoms with Gasteiger partial charge in [-0.25, -0.2) is 0 Å². The Morgan fingerprint density at radius 3 is 2.15 bits per heavy atom. The average molecular weight is 270 g/mol. The van der Waals surface area contributed by atoms with Crippen LogP contribution < -0.4 is 5.46 Å². The summed E-state index contributed by atoms with van der Waals surface area (Å²) < 4.78 is 21.3. The third-order valence-corrected chi connectivity index (χ3v) is 4.27. The zero-order valence-corrected chi connectivity index (χ0v) is 11.7. The molecule has 1 fully saturated rings. The predicted molar refractivity (Wildman–Crippen MR) is 80.4 cm³/mol. The van der Waals surface area contributed by atoms with Gasteiger partial charge in [0.25, 0.3) is 0 Å². The van der Waals surface area contributed by atoms with Gasteiger partial charge >= 0.3 is 6.76 Å². The first-order chi connectivity index (χ1) is 9.63. The molecule has 104 valence electrons. The van der Waals surface area contributed by atoms with E-state index in [1.165, 1.54) is 0 Å². The van der Waals surface area contributed by atoms with Gasteiger partial charge in [0, 0.05) is 6.04 Å². The molecule has 0 aromatic heterocycles.